The summed E-state index contributed by atoms with van der Waals surface area (Å²) in [5.74, 6) is -0.283. The molecule has 0 aliphatic carbocycles. The van der Waals surface area contributed by atoms with Crippen LogP contribution in [0.1, 0.15) is 15.9 Å². The lowest BCUT2D eigenvalue weighted by atomic mass is 10.0. The molecule has 0 radical (unpaired) electrons. The number of fused-ring (bicyclic) bond motifs is 2. The lowest BCUT2D eigenvalue weighted by molar-refractivity contribution is -0.119. The van der Waals surface area contributed by atoms with Crippen molar-refractivity contribution in [1.82, 2.24) is 4.98 Å². The third kappa shape index (κ3) is 5.25. The molecule has 0 spiro atoms. The number of aromatic nitrogens is 1. The van der Waals surface area contributed by atoms with Gasteiger partial charge < -0.3 is 14.8 Å². The Morgan fingerprint density at radius 2 is 1.70 bits per heavy atom. The second-order valence-corrected chi connectivity index (χ2v) is 9.02. The smallest absolute Gasteiger partial charge is 0.339 e. The Bertz CT molecular complexity index is 1670. The van der Waals surface area contributed by atoms with Crippen LogP contribution in [-0.2, 0) is 9.53 Å². The molecule has 0 aliphatic rings. The third-order valence-electron chi connectivity index (χ3n) is 6.09. The summed E-state index contributed by atoms with van der Waals surface area (Å²) >= 11 is 6.03. The number of benzene rings is 4. The minimum atomic E-state index is -0.608. The highest BCUT2D eigenvalue weighted by Gasteiger charge is 2.17. The van der Waals surface area contributed by atoms with Crippen molar-refractivity contribution in [3.63, 3.8) is 0 Å². The number of carbonyl (C=O) groups is 2. The van der Waals surface area contributed by atoms with E-state index in [9.17, 15) is 9.59 Å². The minimum Gasteiger partial charge on any atom is -0.497 e. The third-order valence-corrected chi connectivity index (χ3v) is 6.32. The number of esters is 1. The van der Waals surface area contributed by atoms with E-state index in [1.807, 2.05) is 67.6 Å². The minimum absolute atomic E-state index is 0.335. The Labute approximate surface area is 218 Å². The van der Waals surface area contributed by atoms with Gasteiger partial charge in [0.25, 0.3) is 5.91 Å². The molecule has 0 atom stereocenters. The van der Waals surface area contributed by atoms with E-state index in [1.165, 1.54) is 0 Å². The number of hydrogen-bond acceptors (Lipinski definition) is 5. The summed E-state index contributed by atoms with van der Waals surface area (Å²) in [5, 5.41) is 5.93. The van der Waals surface area contributed by atoms with Gasteiger partial charge in [-0.2, -0.15) is 0 Å². The zero-order valence-electron chi connectivity index (χ0n) is 20.2. The summed E-state index contributed by atoms with van der Waals surface area (Å²) in [5.41, 5.74) is 3.89. The fourth-order valence-corrected chi connectivity index (χ4v) is 4.30. The van der Waals surface area contributed by atoms with Crippen LogP contribution in [0.2, 0.25) is 5.02 Å². The van der Waals surface area contributed by atoms with E-state index in [0.29, 0.717) is 32.9 Å². The molecule has 0 saturated heterocycles. The molecule has 184 valence electrons. The summed E-state index contributed by atoms with van der Waals surface area (Å²) in [6.45, 7) is 1.42. The van der Waals surface area contributed by atoms with Crippen molar-refractivity contribution in [2.24, 2.45) is 0 Å². The maximum Gasteiger partial charge on any atom is 0.339 e. The summed E-state index contributed by atoms with van der Waals surface area (Å²) in [4.78, 5) is 30.4. The lowest BCUT2D eigenvalue weighted by Gasteiger charge is -2.12. The van der Waals surface area contributed by atoms with Gasteiger partial charge in [0.15, 0.2) is 6.61 Å². The molecule has 1 heterocycles. The maximum absolute atomic E-state index is 13.1. The highest BCUT2D eigenvalue weighted by molar-refractivity contribution is 6.31. The van der Waals surface area contributed by atoms with Crippen molar-refractivity contribution in [2.75, 3.05) is 19.0 Å². The van der Waals surface area contributed by atoms with Crippen LogP contribution in [0.3, 0.4) is 0 Å². The van der Waals surface area contributed by atoms with Crippen molar-refractivity contribution >= 4 is 50.8 Å². The summed E-state index contributed by atoms with van der Waals surface area (Å²) < 4.78 is 10.7. The second-order valence-electron chi connectivity index (χ2n) is 8.58. The number of rotatable bonds is 6. The molecule has 0 aliphatic heterocycles. The number of amides is 1. The van der Waals surface area contributed by atoms with Gasteiger partial charge in [0, 0.05) is 21.7 Å². The van der Waals surface area contributed by atoms with E-state index in [4.69, 9.17) is 26.1 Å². The average Bonchev–Trinajstić information content (AvgIpc) is 2.92. The average molecular weight is 511 g/mol. The first-order valence-electron chi connectivity index (χ1n) is 11.6. The molecule has 1 N–H and O–H groups in total. The number of hydrogen-bond donors (Lipinski definition) is 1. The standard InChI is InChI=1S/C30H23ClN2O4/c1-18-7-11-22(31)15-27(18)33-29(34)17-37-30(35)25-16-28(32-26-6-4-3-5-24(25)26)21-9-8-20-14-23(36-2)12-10-19(20)13-21/h3-16H,17H2,1-2H3,(H,33,34). The first-order valence-corrected chi connectivity index (χ1v) is 12.0. The van der Waals surface area contributed by atoms with Gasteiger partial charge >= 0.3 is 5.97 Å². The quantitative estimate of drug-likeness (QED) is 0.253. The van der Waals surface area contributed by atoms with Crippen LogP contribution >= 0.6 is 11.6 Å². The molecule has 0 fully saturated rings. The number of anilines is 1. The van der Waals surface area contributed by atoms with E-state index in [0.717, 1.165) is 27.6 Å². The zero-order valence-corrected chi connectivity index (χ0v) is 21.0. The van der Waals surface area contributed by atoms with Gasteiger partial charge in [0.2, 0.25) is 0 Å². The fourth-order valence-electron chi connectivity index (χ4n) is 4.13. The monoisotopic (exact) mass is 510 g/mol. The van der Waals surface area contributed by atoms with Crippen molar-refractivity contribution in [2.45, 2.75) is 6.92 Å². The number of pyridine rings is 1. The molecular formula is C30H23ClN2O4. The van der Waals surface area contributed by atoms with Gasteiger partial charge in [-0.3, -0.25) is 4.79 Å². The predicted molar refractivity (Wildman–Crippen MR) is 146 cm³/mol. The Kier molecular flexibility index (Phi) is 6.75. The number of halogens is 1. The lowest BCUT2D eigenvalue weighted by Crippen LogP contribution is -2.21. The Hall–Kier alpha value is -4.42. The van der Waals surface area contributed by atoms with E-state index < -0.39 is 18.5 Å². The van der Waals surface area contributed by atoms with Crippen LogP contribution in [0.15, 0.2) is 84.9 Å². The Morgan fingerprint density at radius 3 is 2.54 bits per heavy atom. The molecule has 1 amide bonds. The normalized spacial score (nSPS) is 10.9. The van der Waals surface area contributed by atoms with Crippen molar-refractivity contribution in [3.8, 4) is 17.0 Å². The molecule has 5 rings (SSSR count). The first kappa shape index (κ1) is 24.3. The number of aryl methyl sites for hydroxylation is 1. The summed E-state index contributed by atoms with van der Waals surface area (Å²) in [6, 6.07) is 26.1. The zero-order chi connectivity index (χ0) is 25.9. The van der Waals surface area contributed by atoms with E-state index in [-0.39, 0.29) is 0 Å². The molecule has 4 aromatic carbocycles. The SMILES string of the molecule is COc1ccc2cc(-c3cc(C(=O)OCC(=O)Nc4cc(Cl)ccc4C)c4ccccc4n3)ccc2c1. The largest absolute Gasteiger partial charge is 0.497 e. The van der Waals surface area contributed by atoms with Gasteiger partial charge in [-0.25, -0.2) is 9.78 Å². The van der Waals surface area contributed by atoms with Crippen LogP contribution in [0.4, 0.5) is 5.69 Å². The molecule has 0 saturated carbocycles. The molecule has 0 unspecified atom stereocenters. The number of para-hydroxylation sites is 1. The second kappa shape index (κ2) is 10.3. The molecule has 5 aromatic rings. The fraction of sp³-hybridized carbons (Fsp3) is 0.100. The molecular weight excluding hydrogens is 488 g/mol. The number of methoxy groups -OCH3 is 1. The van der Waals surface area contributed by atoms with Crippen molar-refractivity contribution in [3.05, 3.63) is 101 Å². The Morgan fingerprint density at radius 1 is 0.919 bits per heavy atom. The van der Waals surface area contributed by atoms with Crippen LogP contribution in [0.5, 0.6) is 5.75 Å². The topological polar surface area (TPSA) is 77.5 Å². The highest BCUT2D eigenvalue weighted by atomic mass is 35.5. The van der Waals surface area contributed by atoms with Gasteiger partial charge in [-0.15, -0.1) is 0 Å². The van der Waals surface area contributed by atoms with Crippen LogP contribution in [0, 0.1) is 6.92 Å². The summed E-state index contributed by atoms with van der Waals surface area (Å²) in [6.07, 6.45) is 0. The predicted octanol–water partition coefficient (Wildman–Crippen LogP) is 6.82. The van der Waals surface area contributed by atoms with E-state index in [2.05, 4.69) is 5.32 Å². The van der Waals surface area contributed by atoms with Crippen LogP contribution < -0.4 is 10.1 Å². The highest BCUT2D eigenvalue weighted by Crippen LogP contribution is 2.29. The van der Waals surface area contributed by atoms with Gasteiger partial charge in [-0.05, 0) is 65.7 Å². The van der Waals surface area contributed by atoms with Gasteiger partial charge in [-0.1, -0.05) is 54.1 Å². The first-order chi connectivity index (χ1) is 17.9. The number of carbonyl (C=O) groups excluding carboxylic acids is 2. The molecule has 6 nitrogen and oxygen atoms in total. The van der Waals surface area contributed by atoms with E-state index in [1.54, 1.807) is 31.4 Å². The molecule has 37 heavy (non-hydrogen) atoms. The molecule has 1 aromatic heterocycles. The number of ether oxygens (including phenoxy) is 2. The summed E-state index contributed by atoms with van der Waals surface area (Å²) in [7, 11) is 1.64. The van der Waals surface area contributed by atoms with E-state index >= 15 is 0 Å². The number of nitrogens with zero attached hydrogens (tertiary/aromatic N) is 1. The Balaban J connectivity index is 1.42. The van der Waals surface area contributed by atoms with Gasteiger partial charge in [0.1, 0.15) is 5.75 Å². The van der Waals surface area contributed by atoms with Crippen LogP contribution in [0.25, 0.3) is 32.9 Å². The molecule has 0 bridgehead atoms. The van der Waals surface area contributed by atoms with Crippen molar-refractivity contribution < 1.29 is 19.1 Å². The maximum atomic E-state index is 13.1. The van der Waals surface area contributed by atoms with Gasteiger partial charge in [0.05, 0.1) is 23.9 Å². The van der Waals surface area contributed by atoms with Crippen molar-refractivity contribution in [1.29, 1.82) is 0 Å². The number of nitrogens with one attached hydrogen (secondary N) is 1. The van der Waals surface area contributed by atoms with Crippen LogP contribution in [-0.4, -0.2) is 30.6 Å². The molecule has 7 heteroatoms.